The molecule has 1 aromatic rings. The van der Waals surface area contributed by atoms with Crippen LogP contribution in [0.1, 0.15) is 13.8 Å². The molecule has 0 saturated heterocycles. The Morgan fingerprint density at radius 3 is 2.79 bits per heavy atom. The number of nitrogen functional groups attached to an aromatic ring is 1. The number of nitrogens with two attached hydrogens (primary N) is 1. The summed E-state index contributed by atoms with van der Waals surface area (Å²) in [6, 6.07) is 4.96. The Kier molecular flexibility index (Phi) is 6.48. The summed E-state index contributed by atoms with van der Waals surface area (Å²) in [6.07, 6.45) is 0. The van der Waals surface area contributed by atoms with Crippen molar-refractivity contribution in [1.29, 1.82) is 0 Å². The molecule has 1 amide bonds. The second-order valence-electron chi connectivity index (χ2n) is 4.48. The highest BCUT2D eigenvalue weighted by atomic mass is 35.5. The number of hydrogen-bond acceptors (Lipinski definition) is 4. The van der Waals surface area contributed by atoms with E-state index in [0.29, 0.717) is 16.4 Å². The molecule has 0 aliphatic carbocycles. The molecule has 0 bridgehead atoms. The van der Waals surface area contributed by atoms with E-state index >= 15 is 0 Å². The van der Waals surface area contributed by atoms with Crippen LogP contribution in [0.5, 0.6) is 0 Å². The smallest absolute Gasteiger partial charge is 0.237 e. The lowest BCUT2D eigenvalue weighted by molar-refractivity contribution is -0.115. The maximum Gasteiger partial charge on any atom is 0.237 e. The number of benzene rings is 1. The maximum atomic E-state index is 12.0. The molecule has 6 heteroatoms. The highest BCUT2D eigenvalue weighted by Crippen LogP contribution is 2.24. The number of carbonyl (C=O) groups excluding carboxylic acids is 1. The van der Waals surface area contributed by atoms with Crippen LogP contribution in [0, 0.1) is 5.92 Å². The Labute approximate surface area is 122 Å². The molecule has 1 aromatic carbocycles. The fourth-order valence-electron chi connectivity index (χ4n) is 1.32. The lowest BCUT2D eigenvalue weighted by Crippen LogP contribution is -2.24. The minimum Gasteiger partial charge on any atom is -0.397 e. The second kappa shape index (κ2) is 7.62. The van der Waals surface area contributed by atoms with Gasteiger partial charge >= 0.3 is 0 Å². The van der Waals surface area contributed by atoms with Gasteiger partial charge in [0.25, 0.3) is 0 Å². The van der Waals surface area contributed by atoms with Crippen molar-refractivity contribution in [2.75, 3.05) is 23.4 Å². The normalized spacial score (nSPS) is 13.9. The average molecular weight is 303 g/mol. The summed E-state index contributed by atoms with van der Waals surface area (Å²) in [6.45, 7) is 3.90. The van der Waals surface area contributed by atoms with Gasteiger partial charge in [0.05, 0.1) is 16.6 Å². The number of amides is 1. The Hall–Kier alpha value is -0.910. The van der Waals surface area contributed by atoms with E-state index in [2.05, 4.69) is 5.32 Å². The molecule has 2 atom stereocenters. The van der Waals surface area contributed by atoms with E-state index < -0.39 is 0 Å². The first kappa shape index (κ1) is 16.1. The Morgan fingerprint density at radius 2 is 2.21 bits per heavy atom. The quantitative estimate of drug-likeness (QED) is 0.706. The van der Waals surface area contributed by atoms with Gasteiger partial charge in [0.1, 0.15) is 0 Å². The molecule has 0 aliphatic heterocycles. The minimum absolute atomic E-state index is 0.107. The Bertz CT molecular complexity index is 443. The molecule has 19 heavy (non-hydrogen) atoms. The van der Waals surface area contributed by atoms with Crippen molar-refractivity contribution in [3.05, 3.63) is 23.2 Å². The van der Waals surface area contributed by atoms with E-state index in [-0.39, 0.29) is 23.7 Å². The molecule has 1 rings (SSSR count). The van der Waals surface area contributed by atoms with Crippen LogP contribution < -0.4 is 11.1 Å². The van der Waals surface area contributed by atoms with Gasteiger partial charge in [-0.3, -0.25) is 4.79 Å². The van der Waals surface area contributed by atoms with Gasteiger partial charge in [-0.25, -0.2) is 0 Å². The Balaban J connectivity index is 2.54. The molecule has 4 nitrogen and oxygen atoms in total. The monoisotopic (exact) mass is 302 g/mol. The average Bonchev–Trinajstić information content (AvgIpc) is 2.38. The molecule has 0 spiro atoms. The number of aliphatic hydroxyl groups excluding tert-OH is 1. The van der Waals surface area contributed by atoms with Crippen molar-refractivity contribution in [2.45, 2.75) is 19.1 Å². The molecule has 0 radical (unpaired) electrons. The van der Waals surface area contributed by atoms with Gasteiger partial charge in [-0.2, -0.15) is 0 Å². The van der Waals surface area contributed by atoms with E-state index in [1.807, 2.05) is 13.8 Å². The predicted molar refractivity (Wildman–Crippen MR) is 82.7 cm³/mol. The van der Waals surface area contributed by atoms with Gasteiger partial charge < -0.3 is 16.2 Å². The number of hydrogen-bond donors (Lipinski definition) is 3. The lowest BCUT2D eigenvalue weighted by Gasteiger charge is -2.15. The number of carbonyl (C=O) groups is 1. The summed E-state index contributed by atoms with van der Waals surface area (Å²) in [5.41, 5.74) is 6.79. The van der Waals surface area contributed by atoms with Crippen molar-refractivity contribution in [3.8, 4) is 0 Å². The first-order valence-corrected chi connectivity index (χ1v) is 7.45. The summed E-state index contributed by atoms with van der Waals surface area (Å²) >= 11 is 7.30. The zero-order chi connectivity index (χ0) is 14.4. The third-order valence-electron chi connectivity index (χ3n) is 2.58. The second-order valence-corrected chi connectivity index (χ2v) is 6.29. The standard InChI is InChI=1S/C13H19ClN2O2S/c1-8(6-17)7-19-9(2)13(18)16-12-4-3-10(14)5-11(12)15/h3-5,8-9,17H,6-7,15H2,1-2H3,(H,16,18). The van der Waals surface area contributed by atoms with E-state index in [1.165, 1.54) is 11.8 Å². The van der Waals surface area contributed by atoms with Crippen molar-refractivity contribution in [2.24, 2.45) is 5.92 Å². The maximum absolute atomic E-state index is 12.0. The molecule has 4 N–H and O–H groups in total. The molecule has 0 saturated carbocycles. The molecule has 106 valence electrons. The van der Waals surface area contributed by atoms with Gasteiger partial charge in [-0.05, 0) is 36.8 Å². The van der Waals surface area contributed by atoms with Crippen molar-refractivity contribution in [1.82, 2.24) is 0 Å². The third-order valence-corrected chi connectivity index (χ3v) is 4.29. The lowest BCUT2D eigenvalue weighted by atomic mass is 10.2. The van der Waals surface area contributed by atoms with Gasteiger partial charge in [-0.15, -0.1) is 11.8 Å². The number of anilines is 2. The number of aliphatic hydroxyl groups is 1. The van der Waals surface area contributed by atoms with Crippen molar-refractivity contribution >= 4 is 40.6 Å². The zero-order valence-corrected chi connectivity index (χ0v) is 12.6. The van der Waals surface area contributed by atoms with Crippen LogP contribution in [0.4, 0.5) is 11.4 Å². The van der Waals surface area contributed by atoms with Crippen molar-refractivity contribution < 1.29 is 9.90 Å². The first-order valence-electron chi connectivity index (χ1n) is 6.02. The van der Waals surface area contributed by atoms with Gasteiger partial charge in [0, 0.05) is 11.6 Å². The summed E-state index contributed by atoms with van der Waals surface area (Å²) < 4.78 is 0. The van der Waals surface area contributed by atoms with Gasteiger partial charge in [-0.1, -0.05) is 18.5 Å². The van der Waals surface area contributed by atoms with Crippen LogP contribution in [0.15, 0.2) is 18.2 Å². The van der Waals surface area contributed by atoms with E-state index in [4.69, 9.17) is 22.4 Å². The summed E-state index contributed by atoms with van der Waals surface area (Å²) in [4.78, 5) is 12.0. The van der Waals surface area contributed by atoms with E-state index in [0.717, 1.165) is 5.75 Å². The van der Waals surface area contributed by atoms with Crippen LogP contribution in [0.3, 0.4) is 0 Å². The van der Waals surface area contributed by atoms with Crippen LogP contribution in [-0.4, -0.2) is 28.6 Å². The highest BCUT2D eigenvalue weighted by molar-refractivity contribution is 8.00. The summed E-state index contributed by atoms with van der Waals surface area (Å²) in [5, 5.41) is 12.0. The van der Waals surface area contributed by atoms with E-state index in [9.17, 15) is 4.79 Å². The first-order chi connectivity index (χ1) is 8.93. The van der Waals surface area contributed by atoms with E-state index in [1.54, 1.807) is 18.2 Å². The fraction of sp³-hybridized carbons (Fsp3) is 0.462. The predicted octanol–water partition coefficient (Wildman–Crippen LogP) is 2.61. The highest BCUT2D eigenvalue weighted by Gasteiger charge is 2.15. The summed E-state index contributed by atoms with van der Waals surface area (Å²) in [7, 11) is 0. The third kappa shape index (κ3) is 5.30. The van der Waals surface area contributed by atoms with Crippen LogP contribution in [0.2, 0.25) is 5.02 Å². The topological polar surface area (TPSA) is 75.3 Å². The molecule has 0 aliphatic rings. The largest absolute Gasteiger partial charge is 0.397 e. The molecule has 0 aromatic heterocycles. The summed E-state index contributed by atoms with van der Waals surface area (Å²) in [5.74, 6) is 0.811. The minimum atomic E-state index is -0.205. The van der Waals surface area contributed by atoms with Crippen LogP contribution >= 0.6 is 23.4 Å². The van der Waals surface area contributed by atoms with Crippen LogP contribution in [-0.2, 0) is 4.79 Å². The van der Waals surface area contributed by atoms with Crippen LogP contribution in [0.25, 0.3) is 0 Å². The van der Waals surface area contributed by atoms with Crippen molar-refractivity contribution in [3.63, 3.8) is 0 Å². The Morgan fingerprint density at radius 1 is 1.53 bits per heavy atom. The number of nitrogens with one attached hydrogen (secondary N) is 1. The number of thioether (sulfide) groups is 1. The molecule has 0 fully saturated rings. The molecular weight excluding hydrogens is 284 g/mol. The molecular formula is C13H19ClN2O2S. The fourth-order valence-corrected chi connectivity index (χ4v) is 2.43. The number of rotatable bonds is 6. The SMILES string of the molecule is CC(CO)CSC(C)C(=O)Nc1ccc(Cl)cc1N. The number of halogens is 1. The zero-order valence-electron chi connectivity index (χ0n) is 11.0. The van der Waals surface area contributed by atoms with Gasteiger partial charge in [0.15, 0.2) is 0 Å². The molecule has 0 heterocycles. The molecule has 2 unspecified atom stereocenters. The van der Waals surface area contributed by atoms with Gasteiger partial charge in [0.2, 0.25) is 5.91 Å².